The van der Waals surface area contributed by atoms with Gasteiger partial charge in [-0.25, -0.2) is 5.43 Å². The minimum atomic E-state index is -0.827. The summed E-state index contributed by atoms with van der Waals surface area (Å²) in [7, 11) is 0. The molecule has 0 spiro atoms. The van der Waals surface area contributed by atoms with Crippen LogP contribution in [-0.4, -0.2) is 29.6 Å². The van der Waals surface area contributed by atoms with Gasteiger partial charge in [-0.3, -0.25) is 14.6 Å². The summed E-state index contributed by atoms with van der Waals surface area (Å²) in [5.41, 5.74) is 2.82. The van der Waals surface area contributed by atoms with Gasteiger partial charge in [-0.05, 0) is 6.07 Å². The van der Waals surface area contributed by atoms with Crippen LogP contribution in [0.2, 0.25) is 0 Å². The van der Waals surface area contributed by atoms with Crippen molar-refractivity contribution >= 4 is 18.0 Å². The maximum atomic E-state index is 11.2. The smallest absolute Gasteiger partial charge is 0.329 e. The molecule has 1 heterocycles. The number of carbonyl (C=O) groups excluding carboxylic acids is 2. The first-order valence-corrected chi connectivity index (χ1v) is 4.86. The predicted molar refractivity (Wildman–Crippen MR) is 63.2 cm³/mol. The van der Waals surface area contributed by atoms with Crippen molar-refractivity contribution in [3.63, 3.8) is 0 Å². The molecule has 0 atom stereocenters. The zero-order valence-corrected chi connectivity index (χ0v) is 9.09. The number of rotatable bonds is 4. The molecule has 0 saturated heterocycles. The van der Waals surface area contributed by atoms with E-state index in [1.54, 1.807) is 24.5 Å². The van der Waals surface area contributed by atoms with Crippen molar-refractivity contribution in [3.05, 3.63) is 42.7 Å². The second-order valence-electron chi connectivity index (χ2n) is 2.98. The third-order valence-electron chi connectivity index (χ3n) is 1.68. The summed E-state index contributed by atoms with van der Waals surface area (Å²) in [4.78, 5) is 26.1. The molecule has 6 heteroatoms. The van der Waals surface area contributed by atoms with Gasteiger partial charge in [0.15, 0.2) is 0 Å². The highest BCUT2D eigenvalue weighted by Crippen LogP contribution is 1.89. The van der Waals surface area contributed by atoms with Gasteiger partial charge >= 0.3 is 11.8 Å². The van der Waals surface area contributed by atoms with Crippen LogP contribution in [0.5, 0.6) is 0 Å². The number of carbonyl (C=O) groups is 2. The number of aromatic nitrogens is 1. The van der Waals surface area contributed by atoms with Crippen LogP contribution in [0, 0.1) is 0 Å². The number of amides is 2. The molecule has 0 radical (unpaired) electrons. The summed E-state index contributed by atoms with van der Waals surface area (Å²) in [6.07, 6.45) is 6.07. The van der Waals surface area contributed by atoms with Crippen molar-refractivity contribution in [2.45, 2.75) is 0 Å². The van der Waals surface area contributed by atoms with Crippen LogP contribution >= 0.6 is 0 Å². The second kappa shape index (κ2) is 6.89. The van der Waals surface area contributed by atoms with E-state index in [1.807, 2.05) is 0 Å². The Morgan fingerprint density at radius 2 is 2.29 bits per heavy atom. The normalized spacial score (nSPS) is 9.88. The van der Waals surface area contributed by atoms with E-state index < -0.39 is 11.8 Å². The summed E-state index contributed by atoms with van der Waals surface area (Å²) >= 11 is 0. The van der Waals surface area contributed by atoms with Crippen LogP contribution in [-0.2, 0) is 9.59 Å². The molecular weight excluding hydrogens is 220 g/mol. The third kappa shape index (κ3) is 4.70. The summed E-state index contributed by atoms with van der Waals surface area (Å²) in [5, 5.41) is 5.94. The maximum Gasteiger partial charge on any atom is 0.329 e. The summed E-state index contributed by atoms with van der Waals surface area (Å²) in [6, 6.07) is 3.50. The van der Waals surface area contributed by atoms with Crippen LogP contribution < -0.4 is 10.7 Å². The average molecular weight is 232 g/mol. The molecule has 0 aromatic carbocycles. The molecule has 0 aliphatic rings. The Balaban J connectivity index is 2.40. The molecule has 17 heavy (non-hydrogen) atoms. The lowest BCUT2D eigenvalue weighted by Gasteiger charge is -1.99. The Hall–Kier alpha value is -2.50. The molecule has 0 saturated carbocycles. The van der Waals surface area contributed by atoms with Gasteiger partial charge in [-0.2, -0.15) is 5.10 Å². The second-order valence-corrected chi connectivity index (χ2v) is 2.98. The molecule has 2 amide bonds. The predicted octanol–water partition coefficient (Wildman–Crippen LogP) is -0.166. The molecule has 0 aliphatic heterocycles. The highest BCUT2D eigenvalue weighted by molar-refractivity contribution is 6.35. The summed E-state index contributed by atoms with van der Waals surface area (Å²) < 4.78 is 0. The highest BCUT2D eigenvalue weighted by atomic mass is 16.2. The van der Waals surface area contributed by atoms with Crippen LogP contribution in [0.3, 0.4) is 0 Å². The van der Waals surface area contributed by atoms with E-state index >= 15 is 0 Å². The number of pyridine rings is 1. The summed E-state index contributed by atoms with van der Waals surface area (Å²) in [5.74, 6) is -1.58. The Morgan fingerprint density at radius 3 is 2.94 bits per heavy atom. The first-order valence-electron chi connectivity index (χ1n) is 4.86. The molecule has 1 aromatic rings. The van der Waals surface area contributed by atoms with Crippen LogP contribution in [0.4, 0.5) is 0 Å². The molecule has 0 bridgehead atoms. The average Bonchev–Trinajstić information content (AvgIpc) is 2.37. The minimum absolute atomic E-state index is 0.235. The number of hydrogen-bond acceptors (Lipinski definition) is 4. The standard InChI is InChI=1S/C11H12N4O2/c1-2-5-13-10(16)11(17)15-14-8-9-4-3-6-12-7-9/h2-4,6-8H,1,5H2,(H,13,16)(H,15,17)/b14-8-. The van der Waals surface area contributed by atoms with Gasteiger partial charge in [-0.15, -0.1) is 6.58 Å². The Kier molecular flexibility index (Phi) is 5.09. The monoisotopic (exact) mass is 232 g/mol. The van der Waals surface area contributed by atoms with E-state index in [0.29, 0.717) is 0 Å². The number of hydrazone groups is 1. The van der Waals surface area contributed by atoms with Crippen molar-refractivity contribution in [2.75, 3.05) is 6.54 Å². The molecule has 1 aromatic heterocycles. The van der Waals surface area contributed by atoms with E-state index in [4.69, 9.17) is 0 Å². The fraction of sp³-hybridized carbons (Fsp3) is 0.0909. The van der Waals surface area contributed by atoms with Gasteiger partial charge in [-0.1, -0.05) is 12.1 Å². The zero-order valence-electron chi connectivity index (χ0n) is 9.09. The lowest BCUT2D eigenvalue weighted by Crippen LogP contribution is -2.37. The molecule has 0 fully saturated rings. The van der Waals surface area contributed by atoms with E-state index in [2.05, 4.69) is 27.4 Å². The van der Waals surface area contributed by atoms with Crippen molar-refractivity contribution in [1.29, 1.82) is 0 Å². The Bertz CT molecular complexity index is 428. The minimum Gasteiger partial charge on any atom is -0.344 e. The molecule has 6 nitrogen and oxygen atoms in total. The lowest BCUT2D eigenvalue weighted by molar-refractivity contribution is -0.139. The van der Waals surface area contributed by atoms with Gasteiger partial charge in [0.25, 0.3) is 0 Å². The quantitative estimate of drug-likeness (QED) is 0.327. The van der Waals surface area contributed by atoms with Gasteiger partial charge < -0.3 is 5.32 Å². The SMILES string of the molecule is C=CCNC(=O)C(=O)N/N=C\c1cccnc1. The largest absolute Gasteiger partial charge is 0.344 e. The van der Waals surface area contributed by atoms with Crippen LogP contribution in [0.1, 0.15) is 5.56 Å². The fourth-order valence-corrected chi connectivity index (χ4v) is 0.914. The molecule has 2 N–H and O–H groups in total. The van der Waals surface area contributed by atoms with Crippen molar-refractivity contribution in [3.8, 4) is 0 Å². The number of hydrogen-bond donors (Lipinski definition) is 2. The van der Waals surface area contributed by atoms with Gasteiger partial charge in [0, 0.05) is 24.5 Å². The van der Waals surface area contributed by atoms with Crippen molar-refractivity contribution in [1.82, 2.24) is 15.7 Å². The first-order chi connectivity index (χ1) is 8.24. The van der Waals surface area contributed by atoms with E-state index in [9.17, 15) is 9.59 Å². The fourth-order valence-electron chi connectivity index (χ4n) is 0.914. The molecular formula is C11H12N4O2. The van der Waals surface area contributed by atoms with Gasteiger partial charge in [0.1, 0.15) is 0 Å². The van der Waals surface area contributed by atoms with Crippen molar-refractivity contribution in [2.24, 2.45) is 5.10 Å². The topological polar surface area (TPSA) is 83.5 Å². The van der Waals surface area contributed by atoms with Crippen molar-refractivity contribution < 1.29 is 9.59 Å². The van der Waals surface area contributed by atoms with Crippen LogP contribution in [0.25, 0.3) is 0 Å². The number of nitrogens with zero attached hydrogens (tertiary/aromatic N) is 2. The van der Waals surface area contributed by atoms with E-state index in [0.717, 1.165) is 5.56 Å². The Labute approximate surface area is 98.4 Å². The highest BCUT2D eigenvalue weighted by Gasteiger charge is 2.10. The van der Waals surface area contributed by atoms with E-state index in [1.165, 1.54) is 12.3 Å². The summed E-state index contributed by atoms with van der Waals surface area (Å²) in [6.45, 7) is 3.65. The molecule has 88 valence electrons. The molecule has 1 rings (SSSR count). The van der Waals surface area contributed by atoms with Gasteiger partial charge in [0.05, 0.1) is 6.21 Å². The molecule has 0 unspecified atom stereocenters. The van der Waals surface area contributed by atoms with E-state index in [-0.39, 0.29) is 6.54 Å². The molecule has 0 aliphatic carbocycles. The van der Waals surface area contributed by atoms with Gasteiger partial charge in [0.2, 0.25) is 0 Å². The first kappa shape index (κ1) is 12.6. The number of nitrogens with one attached hydrogen (secondary N) is 2. The van der Waals surface area contributed by atoms with Crippen LogP contribution in [0.15, 0.2) is 42.3 Å². The zero-order chi connectivity index (χ0) is 12.5. The lowest BCUT2D eigenvalue weighted by atomic mass is 10.3. The maximum absolute atomic E-state index is 11.2. The Morgan fingerprint density at radius 1 is 1.47 bits per heavy atom. The third-order valence-corrected chi connectivity index (χ3v) is 1.68.